The van der Waals surface area contributed by atoms with Gasteiger partial charge in [0.05, 0.1) is 18.8 Å². The van der Waals surface area contributed by atoms with Gasteiger partial charge < -0.3 is 30.9 Å². The molecular weight excluding hydrogens is 777 g/mol. The minimum absolute atomic E-state index is 0.0259. The van der Waals surface area contributed by atoms with E-state index in [2.05, 4.69) is 34.8 Å². The second kappa shape index (κ2) is 21.3. The number of urea groups is 1. The summed E-state index contributed by atoms with van der Waals surface area (Å²) in [5.41, 5.74) is 0.714. The maximum Gasteiger partial charge on any atom is 0.315 e. The lowest BCUT2D eigenvalue weighted by Crippen LogP contribution is -2.62. The number of ketones is 1. The smallest absolute Gasteiger partial charge is 0.315 e. The van der Waals surface area contributed by atoms with Crippen LogP contribution in [-0.4, -0.2) is 116 Å². The maximum atomic E-state index is 14.7. The van der Waals surface area contributed by atoms with Crippen molar-refractivity contribution in [3.8, 4) is 0 Å². The van der Waals surface area contributed by atoms with Crippen LogP contribution in [0.4, 0.5) is 4.79 Å². The number of esters is 1. The van der Waals surface area contributed by atoms with Crippen molar-refractivity contribution in [1.82, 2.24) is 30.5 Å². The molecule has 5 amide bonds. The Hall–Kier alpha value is -4.31. The number of likely N-dealkylation sites (tertiary alicyclic amines) is 1. The summed E-state index contributed by atoms with van der Waals surface area (Å²) >= 11 is 0. The Morgan fingerprint density at radius 2 is 1.59 bits per heavy atom. The summed E-state index contributed by atoms with van der Waals surface area (Å²) in [7, 11) is -2.15. The molecule has 1 aromatic rings. The highest BCUT2D eigenvalue weighted by atomic mass is 32.2. The summed E-state index contributed by atoms with van der Waals surface area (Å²) in [5, 5.41) is 10.9. The molecule has 1 heterocycles. The molecule has 0 bridgehead atoms. The molecule has 2 aliphatic rings. The fourth-order valence-electron chi connectivity index (χ4n) is 7.22. The zero-order chi connectivity index (χ0) is 44.3. The minimum Gasteiger partial charge on any atom is -0.460 e. The van der Waals surface area contributed by atoms with Crippen LogP contribution < -0.4 is 21.3 Å². The molecule has 3 rings (SSSR count). The highest BCUT2D eigenvalue weighted by molar-refractivity contribution is 7.88. The normalized spacial score (nSPS) is 18.8. The summed E-state index contributed by atoms with van der Waals surface area (Å²) in [5.74, 6) is -3.34. The summed E-state index contributed by atoms with van der Waals surface area (Å²) < 4.78 is 31.5. The van der Waals surface area contributed by atoms with E-state index in [1.54, 1.807) is 20.8 Å². The van der Waals surface area contributed by atoms with Crippen molar-refractivity contribution in [2.75, 3.05) is 32.9 Å². The van der Waals surface area contributed by atoms with Crippen molar-refractivity contribution in [1.29, 1.82) is 0 Å². The number of sulfonamides is 1. The van der Waals surface area contributed by atoms with Gasteiger partial charge in [-0.05, 0) is 47.1 Å². The van der Waals surface area contributed by atoms with Crippen molar-refractivity contribution in [2.24, 2.45) is 16.7 Å². The Labute approximate surface area is 351 Å². The molecule has 0 radical (unpaired) electrons. The third kappa shape index (κ3) is 14.7. The third-order valence-electron chi connectivity index (χ3n) is 11.2. The summed E-state index contributed by atoms with van der Waals surface area (Å²) in [6.07, 6.45) is 6.85. The van der Waals surface area contributed by atoms with Gasteiger partial charge in [-0.15, -0.1) is 6.58 Å². The lowest BCUT2D eigenvalue weighted by Gasteiger charge is -2.37. The number of hydrogen-bond acceptors (Lipinski definition) is 9. The number of likely N-dealkylation sites (N-methyl/N-ethyl adjacent to an activating group) is 1. The van der Waals surface area contributed by atoms with Gasteiger partial charge in [0.25, 0.3) is 5.91 Å². The number of benzene rings is 1. The van der Waals surface area contributed by atoms with Gasteiger partial charge in [0.15, 0.2) is 0 Å². The zero-order valence-corrected chi connectivity index (χ0v) is 37.3. The number of hydrogen-bond donors (Lipinski definition) is 4. The number of aryl methyl sites for hydroxylation is 2. The highest BCUT2D eigenvalue weighted by Crippen LogP contribution is 2.32. The Bertz CT molecular complexity index is 1780. The van der Waals surface area contributed by atoms with Gasteiger partial charge >= 0.3 is 12.0 Å². The van der Waals surface area contributed by atoms with Crippen molar-refractivity contribution in [3.05, 3.63) is 48.0 Å². The second-order valence-electron chi connectivity index (χ2n) is 18.2. The van der Waals surface area contributed by atoms with E-state index in [-0.39, 0.29) is 44.8 Å². The molecule has 330 valence electrons. The van der Waals surface area contributed by atoms with Crippen LogP contribution in [0.2, 0.25) is 0 Å². The van der Waals surface area contributed by atoms with E-state index in [1.807, 2.05) is 45.0 Å². The van der Waals surface area contributed by atoms with Crippen LogP contribution in [0.5, 0.6) is 0 Å². The molecule has 0 spiro atoms. The molecule has 59 heavy (non-hydrogen) atoms. The van der Waals surface area contributed by atoms with E-state index in [0.717, 1.165) is 53.8 Å². The molecule has 5 atom stereocenters. The molecule has 1 saturated heterocycles. The fraction of sp³-hybridized carbons (Fsp3) is 0.674. The van der Waals surface area contributed by atoms with Crippen LogP contribution in [0, 0.1) is 16.7 Å². The first-order chi connectivity index (χ1) is 27.5. The lowest BCUT2D eigenvalue weighted by molar-refractivity contribution is -0.149. The Balaban J connectivity index is 1.91. The number of rotatable bonds is 20. The number of carbonyl (C=O) groups excluding carboxylic acids is 6. The molecule has 4 N–H and O–H groups in total. The quantitative estimate of drug-likeness (QED) is 0.0860. The second-order valence-corrected chi connectivity index (χ2v) is 20.3. The van der Waals surface area contributed by atoms with E-state index in [0.29, 0.717) is 6.42 Å². The molecule has 1 aliphatic heterocycles. The summed E-state index contributed by atoms with van der Waals surface area (Å²) in [6.45, 7) is 16.4. The molecule has 15 nitrogen and oxygen atoms in total. The number of Topliss-reactive ketones (excluding diaryl/α,β-unsaturated/α-hetero) is 1. The van der Waals surface area contributed by atoms with Crippen LogP contribution in [0.3, 0.4) is 0 Å². The first-order valence-corrected chi connectivity index (χ1v) is 22.6. The number of amides is 5. The van der Waals surface area contributed by atoms with Crippen molar-refractivity contribution >= 4 is 45.5 Å². The third-order valence-corrected chi connectivity index (χ3v) is 12.5. The SMILES string of the molecule is C=CCNC(=O)C(=O)C(CC1CCC1)NC(=O)C1C[C@@H](OC(=O)CCc2ccccc2CCC)CN1C(=O)C(NC(=O)NC(CN(C)S(C)(=O)=O)C(C)(C)C)C(C)(C)C. The molecule has 0 aromatic heterocycles. The lowest BCUT2D eigenvalue weighted by atomic mass is 9.80. The van der Waals surface area contributed by atoms with Crippen molar-refractivity contribution in [2.45, 2.75) is 137 Å². The van der Waals surface area contributed by atoms with Crippen molar-refractivity contribution < 1.29 is 41.9 Å². The van der Waals surface area contributed by atoms with Gasteiger partial charge in [-0.1, -0.05) is 104 Å². The monoisotopic (exact) mass is 844 g/mol. The number of nitrogens with zero attached hydrogens (tertiary/aromatic N) is 2. The zero-order valence-electron chi connectivity index (χ0n) is 36.5. The maximum absolute atomic E-state index is 14.7. The number of nitrogens with one attached hydrogen (secondary N) is 4. The minimum atomic E-state index is -3.56. The average molecular weight is 845 g/mol. The summed E-state index contributed by atoms with van der Waals surface area (Å²) in [6, 6.07) is 2.97. The first-order valence-electron chi connectivity index (χ1n) is 20.7. The Morgan fingerprint density at radius 1 is 0.966 bits per heavy atom. The van der Waals surface area contributed by atoms with Gasteiger partial charge in [0.1, 0.15) is 18.2 Å². The van der Waals surface area contributed by atoms with E-state index < -0.39 is 86.6 Å². The molecule has 1 aliphatic carbocycles. The number of ether oxygens (including phenoxy) is 1. The van der Waals surface area contributed by atoms with E-state index in [9.17, 15) is 37.2 Å². The van der Waals surface area contributed by atoms with Crippen LogP contribution >= 0.6 is 0 Å². The van der Waals surface area contributed by atoms with Crippen LogP contribution in [0.25, 0.3) is 0 Å². The number of carbonyl (C=O) groups is 6. The Kier molecular flexibility index (Phi) is 17.7. The molecule has 1 saturated carbocycles. The van der Waals surface area contributed by atoms with Gasteiger partial charge in [0, 0.05) is 39.0 Å². The molecular formula is C43H68N6O9S. The van der Waals surface area contributed by atoms with Gasteiger partial charge in [0.2, 0.25) is 27.6 Å². The first kappa shape index (κ1) is 49.1. The Morgan fingerprint density at radius 3 is 2.12 bits per heavy atom. The molecule has 16 heteroatoms. The summed E-state index contributed by atoms with van der Waals surface area (Å²) in [4.78, 5) is 83.4. The molecule has 4 unspecified atom stereocenters. The largest absolute Gasteiger partial charge is 0.460 e. The predicted molar refractivity (Wildman–Crippen MR) is 226 cm³/mol. The topological polar surface area (TPSA) is 200 Å². The van der Waals surface area contributed by atoms with Crippen LogP contribution in [-0.2, 0) is 51.6 Å². The van der Waals surface area contributed by atoms with Gasteiger partial charge in [-0.25, -0.2) is 17.5 Å². The molecule has 1 aromatic carbocycles. The predicted octanol–water partition coefficient (Wildman–Crippen LogP) is 3.65. The molecule has 2 fully saturated rings. The van der Waals surface area contributed by atoms with E-state index in [1.165, 1.54) is 18.0 Å². The van der Waals surface area contributed by atoms with Crippen LogP contribution in [0.1, 0.15) is 105 Å². The van der Waals surface area contributed by atoms with Gasteiger partial charge in [-0.2, -0.15) is 0 Å². The standard InChI is InChI=1S/C43H68N6O9S/c1-11-16-29-19-13-14-20-30(29)21-22-35(50)58-31-25-33(38(52)45-32(24-28-17-15-18-28)36(51)39(53)44-23-12-2)49(26-31)40(54)37(43(6,7)8)47-41(55)46-34(42(3,4)5)27-48(9)59(10,56)57/h12-14,19-20,28,31-34,37H,2,11,15-18,21-27H2,1,3-10H3,(H,44,53)(H,45,52)(H2,46,47,55)/t31-,32?,33?,34?,37?/m1/s1. The van der Waals surface area contributed by atoms with E-state index >= 15 is 0 Å². The van der Waals surface area contributed by atoms with Crippen molar-refractivity contribution in [3.63, 3.8) is 0 Å². The van der Waals surface area contributed by atoms with Gasteiger partial charge in [-0.3, -0.25) is 24.0 Å². The fourth-order valence-corrected chi connectivity index (χ4v) is 7.64. The van der Waals surface area contributed by atoms with Crippen LogP contribution in [0.15, 0.2) is 36.9 Å². The van der Waals surface area contributed by atoms with E-state index in [4.69, 9.17) is 4.74 Å². The highest BCUT2D eigenvalue weighted by Gasteiger charge is 2.47. The average Bonchev–Trinajstić information content (AvgIpc) is 3.55.